The molecule has 1 fully saturated rings. The summed E-state index contributed by atoms with van der Waals surface area (Å²) in [5.74, 6) is -0.105. The Bertz CT molecular complexity index is 508. The molecule has 108 valence electrons. The highest BCUT2D eigenvalue weighted by atomic mass is 31.2. The molecule has 1 aromatic heterocycles. The van der Waals surface area contributed by atoms with Gasteiger partial charge in [-0.15, -0.1) is 0 Å². The Hall–Kier alpha value is -1.28. The first-order valence-electron chi connectivity index (χ1n) is 5.73. The van der Waals surface area contributed by atoms with Crippen molar-refractivity contribution < 1.29 is 18.7 Å². The van der Waals surface area contributed by atoms with Gasteiger partial charge in [-0.25, -0.2) is 9.78 Å². The lowest BCUT2D eigenvalue weighted by Gasteiger charge is -2.26. The fourth-order valence-electron chi connectivity index (χ4n) is 1.30. The van der Waals surface area contributed by atoms with E-state index >= 15 is 0 Å². The van der Waals surface area contributed by atoms with Gasteiger partial charge in [0.15, 0.2) is 0 Å². The molecule has 10 heteroatoms. The first-order chi connectivity index (χ1) is 8.96. The van der Waals surface area contributed by atoms with Gasteiger partial charge < -0.3 is 19.9 Å². The monoisotopic (exact) mass is 292 g/mol. The van der Waals surface area contributed by atoms with E-state index in [0.717, 1.165) is 0 Å². The second kappa shape index (κ2) is 6.76. The maximum Gasteiger partial charge on any atom is 0.353 e. The van der Waals surface area contributed by atoms with Crippen molar-refractivity contribution in [2.45, 2.75) is 26.5 Å². The fraction of sp³-hybridized carbons (Fsp3) is 0.667. The van der Waals surface area contributed by atoms with Crippen LogP contribution in [-0.4, -0.2) is 38.5 Å². The minimum Gasteiger partial charge on any atom is -0.368 e. The lowest BCUT2D eigenvalue weighted by atomic mass is 10.4. The van der Waals surface area contributed by atoms with Gasteiger partial charge in [-0.2, -0.15) is 4.98 Å². The van der Waals surface area contributed by atoms with E-state index in [0.29, 0.717) is 0 Å². The Morgan fingerprint density at radius 2 is 2.32 bits per heavy atom. The second-order valence-corrected chi connectivity index (χ2v) is 5.29. The second-order valence-electron chi connectivity index (χ2n) is 3.50. The quantitative estimate of drug-likeness (QED) is 0.717. The molecule has 1 aliphatic rings. The molecule has 1 unspecified atom stereocenters. The molecule has 2 heterocycles. The minimum atomic E-state index is -3.61. The maximum atomic E-state index is 11.4. The van der Waals surface area contributed by atoms with Gasteiger partial charge in [0.25, 0.3) is 0 Å². The number of ether oxygens (including phenoxy) is 1. The lowest BCUT2D eigenvalue weighted by Crippen LogP contribution is -2.35. The van der Waals surface area contributed by atoms with Crippen molar-refractivity contribution in [1.82, 2.24) is 14.5 Å². The molecule has 2 atom stereocenters. The SMILES string of the molecule is CC.Nc1ncn(C[C@H]2COP(=O)(O)CO2)c(=O)n1. The molecule has 0 aliphatic carbocycles. The van der Waals surface area contributed by atoms with E-state index in [4.69, 9.17) is 19.9 Å². The Morgan fingerprint density at radius 3 is 2.84 bits per heavy atom. The maximum absolute atomic E-state index is 11.4. The lowest BCUT2D eigenvalue weighted by molar-refractivity contribution is -0.00874. The van der Waals surface area contributed by atoms with Crippen molar-refractivity contribution in [2.75, 3.05) is 18.7 Å². The van der Waals surface area contributed by atoms with Crippen molar-refractivity contribution in [2.24, 2.45) is 0 Å². The average molecular weight is 292 g/mol. The number of nitrogens with two attached hydrogens (primary N) is 1. The number of anilines is 1. The van der Waals surface area contributed by atoms with Crippen LogP contribution in [0.25, 0.3) is 0 Å². The Balaban J connectivity index is 0.000000861. The summed E-state index contributed by atoms with van der Waals surface area (Å²) < 4.78 is 22.1. The van der Waals surface area contributed by atoms with E-state index in [-0.39, 0.29) is 25.4 Å². The highest BCUT2D eigenvalue weighted by Gasteiger charge is 2.29. The van der Waals surface area contributed by atoms with E-state index in [1.54, 1.807) is 0 Å². The van der Waals surface area contributed by atoms with Crippen molar-refractivity contribution in [3.05, 3.63) is 16.8 Å². The summed E-state index contributed by atoms with van der Waals surface area (Å²) in [5, 5.41) is 0. The summed E-state index contributed by atoms with van der Waals surface area (Å²) >= 11 is 0. The normalized spacial score (nSPS) is 26.4. The first-order valence-corrected chi connectivity index (χ1v) is 7.49. The fourth-order valence-corrected chi connectivity index (χ4v) is 2.18. The highest BCUT2D eigenvalue weighted by Crippen LogP contribution is 2.44. The Labute approximate surface area is 109 Å². The van der Waals surface area contributed by atoms with E-state index in [2.05, 4.69) is 9.97 Å². The van der Waals surface area contributed by atoms with Crippen LogP contribution in [-0.2, 0) is 20.4 Å². The molecule has 9 nitrogen and oxygen atoms in total. The molecule has 0 aromatic carbocycles. The number of nitrogen functional groups attached to an aromatic ring is 1. The van der Waals surface area contributed by atoms with E-state index in [9.17, 15) is 9.36 Å². The first kappa shape index (κ1) is 15.8. The topological polar surface area (TPSA) is 130 Å². The molecule has 0 saturated carbocycles. The third-order valence-corrected chi connectivity index (χ3v) is 3.15. The van der Waals surface area contributed by atoms with Crippen LogP contribution in [0, 0.1) is 0 Å². The number of aromatic nitrogens is 3. The predicted octanol–water partition coefficient (Wildman–Crippen LogP) is -0.195. The van der Waals surface area contributed by atoms with Crippen molar-refractivity contribution in [1.29, 1.82) is 0 Å². The van der Waals surface area contributed by atoms with Crippen molar-refractivity contribution in [3.8, 4) is 0 Å². The van der Waals surface area contributed by atoms with Crippen LogP contribution in [0.2, 0.25) is 0 Å². The molecule has 0 amide bonds. The number of nitrogens with zero attached hydrogens (tertiary/aromatic N) is 3. The van der Waals surface area contributed by atoms with Gasteiger partial charge in [-0.3, -0.25) is 9.13 Å². The molecule has 1 aliphatic heterocycles. The van der Waals surface area contributed by atoms with Crippen LogP contribution >= 0.6 is 7.60 Å². The predicted molar refractivity (Wildman–Crippen MR) is 67.6 cm³/mol. The average Bonchev–Trinajstić information content (AvgIpc) is 2.37. The van der Waals surface area contributed by atoms with E-state index in [1.807, 2.05) is 13.8 Å². The van der Waals surface area contributed by atoms with Gasteiger partial charge in [0.2, 0.25) is 5.95 Å². The van der Waals surface area contributed by atoms with Gasteiger partial charge in [0.05, 0.1) is 13.2 Å². The van der Waals surface area contributed by atoms with Gasteiger partial charge in [-0.1, -0.05) is 13.8 Å². The van der Waals surface area contributed by atoms with Gasteiger partial charge in [0, 0.05) is 0 Å². The zero-order valence-electron chi connectivity index (χ0n) is 10.7. The van der Waals surface area contributed by atoms with Crippen LogP contribution < -0.4 is 11.4 Å². The Morgan fingerprint density at radius 1 is 1.63 bits per heavy atom. The molecule has 0 bridgehead atoms. The molecule has 0 radical (unpaired) electrons. The van der Waals surface area contributed by atoms with Crippen molar-refractivity contribution >= 4 is 13.5 Å². The van der Waals surface area contributed by atoms with Gasteiger partial charge in [0.1, 0.15) is 18.8 Å². The molecule has 1 aromatic rings. The van der Waals surface area contributed by atoms with Crippen LogP contribution in [0.3, 0.4) is 0 Å². The zero-order chi connectivity index (χ0) is 14.5. The summed E-state index contributed by atoms with van der Waals surface area (Å²) in [6.07, 6.45) is 0.359. The van der Waals surface area contributed by atoms with Crippen LogP contribution in [0.4, 0.5) is 5.95 Å². The summed E-state index contributed by atoms with van der Waals surface area (Å²) in [4.78, 5) is 27.5. The van der Waals surface area contributed by atoms with Crippen LogP contribution in [0.15, 0.2) is 11.1 Å². The van der Waals surface area contributed by atoms with Gasteiger partial charge >= 0.3 is 13.3 Å². The third-order valence-electron chi connectivity index (χ3n) is 2.12. The molecule has 3 N–H and O–H groups in total. The molecular weight excluding hydrogens is 275 g/mol. The Kier molecular flexibility index (Phi) is 5.61. The largest absolute Gasteiger partial charge is 0.368 e. The molecule has 0 spiro atoms. The van der Waals surface area contributed by atoms with Crippen molar-refractivity contribution in [3.63, 3.8) is 0 Å². The summed E-state index contributed by atoms with van der Waals surface area (Å²) in [7, 11) is -3.61. The number of hydrogen-bond donors (Lipinski definition) is 2. The molecular formula is C9H17N4O5P. The summed E-state index contributed by atoms with van der Waals surface area (Å²) in [5.41, 5.74) is 4.68. The highest BCUT2D eigenvalue weighted by molar-refractivity contribution is 7.52. The zero-order valence-corrected chi connectivity index (χ0v) is 11.6. The number of hydrogen-bond acceptors (Lipinski definition) is 7. The van der Waals surface area contributed by atoms with Crippen LogP contribution in [0.5, 0.6) is 0 Å². The summed E-state index contributed by atoms with van der Waals surface area (Å²) in [6, 6.07) is 0. The number of rotatable bonds is 2. The summed E-state index contributed by atoms with van der Waals surface area (Å²) in [6.45, 7) is 4.07. The minimum absolute atomic E-state index is 0.0649. The van der Waals surface area contributed by atoms with E-state index < -0.39 is 19.4 Å². The molecule has 2 rings (SSSR count). The molecule has 1 saturated heterocycles. The molecule has 19 heavy (non-hydrogen) atoms. The van der Waals surface area contributed by atoms with Crippen LogP contribution in [0.1, 0.15) is 13.8 Å². The third kappa shape index (κ3) is 4.71. The van der Waals surface area contributed by atoms with E-state index in [1.165, 1.54) is 10.9 Å². The smallest absolute Gasteiger partial charge is 0.353 e. The van der Waals surface area contributed by atoms with Gasteiger partial charge in [-0.05, 0) is 0 Å². The standard InChI is InChI=1S/C7H11N4O5P.C2H6/c8-6-9-3-11(7(12)10-6)1-5-2-16-17(13,14)4-15-5;1-2/h3,5H,1-2,4H2,(H,13,14)(H2,8,10,12);1-2H3/t5-;/m0./s1.